The standard InChI is InChI=1S/C22H29N5O.HI/c1-3-9-20(10-4-1)25-22(27-12-5-2-6-13-27)24-18-19-8-7-11-23-21(19)26-14-16-28-17-15-26;/h1,3-4,7-11H,2,5-6,12-18H2,(H,24,25);1H. The molecule has 1 N–H and O–H groups in total. The first-order chi connectivity index (χ1) is 13.9. The highest BCUT2D eigenvalue weighted by Crippen LogP contribution is 2.20. The smallest absolute Gasteiger partial charge is 0.198 e. The summed E-state index contributed by atoms with van der Waals surface area (Å²) >= 11 is 0. The number of hydrogen-bond donors (Lipinski definition) is 1. The predicted molar refractivity (Wildman–Crippen MR) is 129 cm³/mol. The van der Waals surface area contributed by atoms with Crippen molar-refractivity contribution in [2.24, 2.45) is 4.99 Å². The van der Waals surface area contributed by atoms with Crippen molar-refractivity contribution in [2.75, 3.05) is 49.6 Å². The second-order valence-electron chi connectivity index (χ2n) is 7.26. The zero-order chi connectivity index (χ0) is 19.0. The lowest BCUT2D eigenvalue weighted by Crippen LogP contribution is -2.40. The molecule has 0 spiro atoms. The van der Waals surface area contributed by atoms with Crippen LogP contribution in [0.2, 0.25) is 0 Å². The largest absolute Gasteiger partial charge is 0.378 e. The Kier molecular flexibility index (Phi) is 8.54. The highest BCUT2D eigenvalue weighted by molar-refractivity contribution is 14.0. The lowest BCUT2D eigenvalue weighted by Gasteiger charge is -2.31. The number of anilines is 2. The van der Waals surface area contributed by atoms with E-state index in [1.54, 1.807) is 0 Å². The Labute approximate surface area is 190 Å². The van der Waals surface area contributed by atoms with Gasteiger partial charge in [0.25, 0.3) is 0 Å². The number of aliphatic imine (C=N–C) groups is 1. The summed E-state index contributed by atoms with van der Waals surface area (Å²) in [4.78, 5) is 14.3. The van der Waals surface area contributed by atoms with E-state index in [2.05, 4.69) is 38.3 Å². The SMILES string of the molecule is I.c1ccc(NC(=NCc2cccnc2N2CCOCC2)N2CCCCC2)cc1. The molecule has 0 aliphatic carbocycles. The second kappa shape index (κ2) is 11.3. The van der Waals surface area contributed by atoms with E-state index in [1.807, 2.05) is 30.5 Å². The lowest BCUT2D eigenvalue weighted by atomic mass is 10.1. The van der Waals surface area contributed by atoms with E-state index in [0.29, 0.717) is 6.54 Å². The van der Waals surface area contributed by atoms with Gasteiger partial charge in [0.05, 0.1) is 19.8 Å². The maximum absolute atomic E-state index is 5.49. The Hall–Kier alpha value is -1.87. The minimum absolute atomic E-state index is 0. The number of halogens is 1. The monoisotopic (exact) mass is 507 g/mol. The molecule has 2 aliphatic heterocycles. The van der Waals surface area contributed by atoms with Crippen LogP contribution in [0.4, 0.5) is 11.5 Å². The molecule has 0 saturated carbocycles. The number of morpholine rings is 1. The maximum Gasteiger partial charge on any atom is 0.198 e. The summed E-state index contributed by atoms with van der Waals surface area (Å²) in [5, 5.41) is 3.54. The average Bonchev–Trinajstić information content (AvgIpc) is 2.79. The van der Waals surface area contributed by atoms with E-state index in [1.165, 1.54) is 19.3 Å². The van der Waals surface area contributed by atoms with Crippen LogP contribution in [0.1, 0.15) is 24.8 Å². The minimum atomic E-state index is 0. The predicted octanol–water partition coefficient (Wildman–Crippen LogP) is 3.99. The minimum Gasteiger partial charge on any atom is -0.378 e. The van der Waals surface area contributed by atoms with Gasteiger partial charge < -0.3 is 19.9 Å². The number of pyridine rings is 1. The number of nitrogens with one attached hydrogen (secondary N) is 1. The number of ether oxygens (including phenoxy) is 1. The van der Waals surface area contributed by atoms with E-state index >= 15 is 0 Å². The average molecular weight is 507 g/mol. The van der Waals surface area contributed by atoms with Gasteiger partial charge in [-0.25, -0.2) is 9.98 Å². The van der Waals surface area contributed by atoms with Crippen LogP contribution >= 0.6 is 24.0 Å². The van der Waals surface area contributed by atoms with Crippen LogP contribution in [0.15, 0.2) is 53.7 Å². The van der Waals surface area contributed by atoms with Gasteiger partial charge in [-0.05, 0) is 37.5 Å². The van der Waals surface area contributed by atoms with Gasteiger partial charge in [0.15, 0.2) is 5.96 Å². The Morgan fingerprint density at radius 1 is 0.966 bits per heavy atom. The van der Waals surface area contributed by atoms with Gasteiger partial charge in [-0.15, -0.1) is 24.0 Å². The van der Waals surface area contributed by atoms with Gasteiger partial charge >= 0.3 is 0 Å². The van der Waals surface area contributed by atoms with Gasteiger partial charge in [-0.3, -0.25) is 0 Å². The van der Waals surface area contributed by atoms with Crippen molar-refractivity contribution in [3.8, 4) is 0 Å². The highest BCUT2D eigenvalue weighted by Gasteiger charge is 2.18. The third kappa shape index (κ3) is 6.05. The number of aromatic nitrogens is 1. The Morgan fingerprint density at radius 2 is 1.72 bits per heavy atom. The molecule has 2 aromatic rings. The summed E-state index contributed by atoms with van der Waals surface area (Å²) in [7, 11) is 0. The molecule has 0 bridgehead atoms. The molecule has 6 nitrogen and oxygen atoms in total. The third-order valence-electron chi connectivity index (χ3n) is 5.26. The van der Waals surface area contributed by atoms with Gasteiger partial charge in [-0.1, -0.05) is 24.3 Å². The highest BCUT2D eigenvalue weighted by atomic mass is 127. The van der Waals surface area contributed by atoms with Crippen molar-refractivity contribution in [3.05, 3.63) is 54.2 Å². The molecule has 0 unspecified atom stereocenters. The van der Waals surface area contributed by atoms with Gasteiger partial charge in [0.2, 0.25) is 0 Å². The maximum atomic E-state index is 5.49. The number of piperidine rings is 1. The third-order valence-corrected chi connectivity index (χ3v) is 5.26. The van der Waals surface area contributed by atoms with Crippen molar-refractivity contribution < 1.29 is 4.74 Å². The molecule has 2 saturated heterocycles. The topological polar surface area (TPSA) is 53.0 Å². The number of benzene rings is 1. The molecule has 29 heavy (non-hydrogen) atoms. The molecule has 4 rings (SSSR count). The van der Waals surface area contributed by atoms with Crippen molar-refractivity contribution in [2.45, 2.75) is 25.8 Å². The van der Waals surface area contributed by atoms with Gasteiger partial charge in [0, 0.05) is 43.6 Å². The molecule has 156 valence electrons. The Morgan fingerprint density at radius 3 is 2.48 bits per heavy atom. The number of rotatable bonds is 4. The quantitative estimate of drug-likeness (QED) is 0.386. The summed E-state index contributed by atoms with van der Waals surface area (Å²) in [5.74, 6) is 2.00. The van der Waals surface area contributed by atoms with Crippen LogP contribution in [-0.4, -0.2) is 55.2 Å². The lowest BCUT2D eigenvalue weighted by molar-refractivity contribution is 0.122. The number of nitrogens with zero attached hydrogens (tertiary/aromatic N) is 4. The van der Waals surface area contributed by atoms with Gasteiger partial charge in [-0.2, -0.15) is 0 Å². The summed E-state index contributed by atoms with van der Waals surface area (Å²) < 4.78 is 5.49. The fraction of sp³-hybridized carbons (Fsp3) is 0.455. The zero-order valence-electron chi connectivity index (χ0n) is 16.8. The fourth-order valence-electron chi connectivity index (χ4n) is 3.75. The molecule has 0 atom stereocenters. The Balaban J connectivity index is 0.00000240. The van der Waals surface area contributed by atoms with Crippen molar-refractivity contribution in [1.82, 2.24) is 9.88 Å². The summed E-state index contributed by atoms with van der Waals surface area (Å²) in [6.45, 7) is 6.02. The first-order valence-corrected chi connectivity index (χ1v) is 10.3. The number of para-hydroxylation sites is 1. The number of guanidine groups is 1. The van der Waals surface area contributed by atoms with Crippen LogP contribution in [0.25, 0.3) is 0 Å². The number of likely N-dealkylation sites (tertiary alicyclic amines) is 1. The Bertz CT molecular complexity index is 774. The summed E-state index contributed by atoms with van der Waals surface area (Å²) in [6.07, 6.45) is 5.62. The molecule has 7 heteroatoms. The van der Waals surface area contributed by atoms with Crippen LogP contribution in [0.3, 0.4) is 0 Å². The van der Waals surface area contributed by atoms with Crippen molar-refractivity contribution in [3.63, 3.8) is 0 Å². The molecule has 2 aliphatic rings. The molecule has 1 aromatic carbocycles. The fourth-order valence-corrected chi connectivity index (χ4v) is 3.75. The molecular formula is C22H30IN5O. The molecular weight excluding hydrogens is 477 g/mol. The van der Waals surface area contributed by atoms with Crippen LogP contribution in [0, 0.1) is 0 Å². The summed E-state index contributed by atoms with van der Waals surface area (Å²) in [5.41, 5.74) is 2.24. The first-order valence-electron chi connectivity index (χ1n) is 10.3. The van der Waals surface area contributed by atoms with E-state index in [0.717, 1.165) is 62.4 Å². The van der Waals surface area contributed by atoms with E-state index in [4.69, 9.17) is 9.73 Å². The van der Waals surface area contributed by atoms with Crippen LogP contribution < -0.4 is 10.2 Å². The van der Waals surface area contributed by atoms with E-state index in [9.17, 15) is 0 Å². The molecule has 0 amide bonds. The normalized spacial score (nSPS) is 17.6. The first kappa shape index (κ1) is 21.8. The molecule has 2 fully saturated rings. The van der Waals surface area contributed by atoms with Crippen molar-refractivity contribution >= 4 is 41.4 Å². The zero-order valence-corrected chi connectivity index (χ0v) is 19.1. The number of hydrogen-bond acceptors (Lipinski definition) is 4. The van der Waals surface area contributed by atoms with Crippen LogP contribution in [0.5, 0.6) is 0 Å². The summed E-state index contributed by atoms with van der Waals surface area (Å²) in [6, 6.07) is 14.4. The molecule has 0 radical (unpaired) electrons. The van der Waals surface area contributed by atoms with E-state index in [-0.39, 0.29) is 24.0 Å². The van der Waals surface area contributed by atoms with E-state index < -0.39 is 0 Å². The molecule has 3 heterocycles. The van der Waals surface area contributed by atoms with Gasteiger partial charge in [0.1, 0.15) is 5.82 Å². The van der Waals surface area contributed by atoms with Crippen LogP contribution in [-0.2, 0) is 11.3 Å². The molecule has 1 aromatic heterocycles. The van der Waals surface area contributed by atoms with Crippen molar-refractivity contribution in [1.29, 1.82) is 0 Å². The second-order valence-corrected chi connectivity index (χ2v) is 7.26.